The fourth-order valence-electron chi connectivity index (χ4n) is 0. The van der Waals surface area contributed by atoms with Crippen molar-refractivity contribution >= 4 is 59.4 Å². The van der Waals surface area contributed by atoms with E-state index >= 15 is 0 Å². The van der Waals surface area contributed by atoms with Crippen LogP contribution in [0.3, 0.4) is 0 Å². The predicted octanol–water partition coefficient (Wildman–Crippen LogP) is 0.812. The van der Waals surface area contributed by atoms with E-state index in [1.54, 1.807) is 14.2 Å². The topological polar surface area (TPSA) is 9.23 Å². The molecular formula is C2H12BBr3O. The normalized spacial score (nSPS) is 2.57. The van der Waals surface area contributed by atoms with Gasteiger partial charge in [-0.05, 0) is 0 Å². The summed E-state index contributed by atoms with van der Waals surface area (Å²) in [6, 6.07) is 0. The Hall–Kier alpha value is 1.46. The first-order chi connectivity index (χ1) is 1.41. The maximum Gasteiger partial charge on any atom is 0.0814 e. The van der Waals surface area contributed by atoms with Crippen LogP contribution in [0.4, 0.5) is 0 Å². The highest BCUT2D eigenvalue weighted by molar-refractivity contribution is 8.93. The summed E-state index contributed by atoms with van der Waals surface area (Å²) in [7, 11) is 3.25. The minimum absolute atomic E-state index is 0. The fourth-order valence-corrected chi connectivity index (χ4v) is 0. The van der Waals surface area contributed by atoms with E-state index in [0.29, 0.717) is 0 Å². The quantitative estimate of drug-likeness (QED) is 0.602. The van der Waals surface area contributed by atoms with Crippen molar-refractivity contribution < 1.29 is 4.74 Å². The highest BCUT2D eigenvalue weighted by Crippen LogP contribution is 1.28. The molecule has 1 nitrogen and oxygen atoms in total. The molecule has 0 unspecified atom stereocenters. The third-order valence-electron chi connectivity index (χ3n) is 0. The van der Waals surface area contributed by atoms with Crippen molar-refractivity contribution in [1.82, 2.24) is 0 Å². The van der Waals surface area contributed by atoms with E-state index in [-0.39, 0.29) is 59.4 Å². The Kier molecular flexibility index (Phi) is 288. The summed E-state index contributed by atoms with van der Waals surface area (Å²) in [5.74, 6) is 0. The van der Waals surface area contributed by atoms with Crippen LogP contribution in [-0.2, 0) is 4.74 Å². The molecule has 0 saturated carbocycles. The molecule has 0 heterocycles. The highest BCUT2D eigenvalue weighted by atomic mass is 79.9. The lowest BCUT2D eigenvalue weighted by atomic mass is 10.8. The van der Waals surface area contributed by atoms with Gasteiger partial charge in [0.2, 0.25) is 0 Å². The molecule has 0 amide bonds. The maximum atomic E-state index is 4.25. The van der Waals surface area contributed by atoms with Crippen LogP contribution in [0, 0.1) is 0 Å². The van der Waals surface area contributed by atoms with E-state index in [2.05, 4.69) is 4.74 Å². The van der Waals surface area contributed by atoms with E-state index in [1.807, 2.05) is 0 Å². The molecule has 0 aromatic carbocycles. The van der Waals surface area contributed by atoms with Crippen molar-refractivity contribution in [2.75, 3.05) is 14.2 Å². The molecule has 0 atom stereocenters. The average Bonchev–Trinajstić information content (AvgIpc) is 0.918. The number of hydrogen-bond donors (Lipinski definition) is 0. The largest absolute Gasteiger partial charge is 0.388 e. The molecule has 7 heavy (non-hydrogen) atoms. The number of halogens is 3. The Morgan fingerprint density at radius 3 is 0.857 bits per heavy atom. The van der Waals surface area contributed by atoms with E-state index in [0.717, 1.165) is 0 Å². The molecule has 0 aliphatic rings. The average molecular weight is 303 g/mol. The second-order valence-corrected chi connectivity index (χ2v) is 0.408. The smallest absolute Gasteiger partial charge is 0.0814 e. The zero-order valence-electron chi connectivity index (χ0n) is 3.63. The molecule has 0 aliphatic carbocycles. The second kappa shape index (κ2) is 51.4. The van der Waals surface area contributed by atoms with Crippen LogP contribution in [0.1, 0.15) is 0 Å². The summed E-state index contributed by atoms with van der Waals surface area (Å²) in [5, 5.41) is 0. The van der Waals surface area contributed by atoms with Gasteiger partial charge in [0.15, 0.2) is 0 Å². The minimum atomic E-state index is 0. The molecule has 0 rings (SSSR count). The van der Waals surface area contributed by atoms with E-state index in [9.17, 15) is 0 Å². The standard InChI is InChI=1S/C2H6O.BH3.3BrH/c1-3-2;;;;/h1-2H3;1H3;3*1H. The third kappa shape index (κ3) is 104. The van der Waals surface area contributed by atoms with E-state index in [4.69, 9.17) is 0 Å². The Bertz CT molecular complexity index is 12.9. The summed E-state index contributed by atoms with van der Waals surface area (Å²) >= 11 is 0. The molecule has 0 spiro atoms. The van der Waals surface area contributed by atoms with Crippen molar-refractivity contribution in [2.45, 2.75) is 0 Å². The fraction of sp³-hybridized carbons (Fsp3) is 1.00. The molecule has 0 bridgehead atoms. The lowest BCUT2D eigenvalue weighted by Gasteiger charge is -1.61. The number of rotatable bonds is 0. The molecule has 0 aromatic rings. The van der Waals surface area contributed by atoms with Gasteiger partial charge < -0.3 is 4.74 Å². The van der Waals surface area contributed by atoms with Gasteiger partial charge in [-0.15, -0.1) is 50.9 Å². The molecule has 50 valence electrons. The summed E-state index contributed by atoms with van der Waals surface area (Å²) in [6.07, 6.45) is 0. The summed E-state index contributed by atoms with van der Waals surface area (Å²) in [6.45, 7) is 0. The first kappa shape index (κ1) is 39.3. The number of methoxy groups -OCH3 is 1. The molecule has 0 aliphatic heterocycles. The molecule has 0 N–H and O–H groups in total. The van der Waals surface area contributed by atoms with Crippen molar-refractivity contribution in [1.29, 1.82) is 0 Å². The number of ether oxygens (including phenoxy) is 1. The van der Waals surface area contributed by atoms with Crippen LogP contribution in [0.25, 0.3) is 0 Å². The van der Waals surface area contributed by atoms with Crippen molar-refractivity contribution in [2.24, 2.45) is 0 Å². The zero-order chi connectivity index (χ0) is 2.71. The molecule has 0 aromatic heterocycles. The van der Waals surface area contributed by atoms with Gasteiger partial charge in [-0.2, -0.15) is 0 Å². The van der Waals surface area contributed by atoms with Crippen LogP contribution in [0.15, 0.2) is 0 Å². The van der Waals surface area contributed by atoms with Gasteiger partial charge in [0, 0.05) is 14.2 Å². The van der Waals surface area contributed by atoms with Crippen molar-refractivity contribution in [3.8, 4) is 0 Å². The Balaban J connectivity index is -0.00000000333. The van der Waals surface area contributed by atoms with Crippen LogP contribution in [0.2, 0.25) is 0 Å². The predicted molar refractivity (Wildman–Crippen MR) is 53.8 cm³/mol. The highest BCUT2D eigenvalue weighted by Gasteiger charge is 1.25. The molecule has 0 saturated heterocycles. The monoisotopic (exact) mass is 300 g/mol. The zero-order valence-corrected chi connectivity index (χ0v) is 8.77. The third-order valence-corrected chi connectivity index (χ3v) is 0. The SMILES string of the molecule is B.Br.Br.Br.COC. The summed E-state index contributed by atoms with van der Waals surface area (Å²) in [5.41, 5.74) is 0. The van der Waals surface area contributed by atoms with Crippen LogP contribution in [0.5, 0.6) is 0 Å². The van der Waals surface area contributed by atoms with E-state index < -0.39 is 0 Å². The van der Waals surface area contributed by atoms with Gasteiger partial charge >= 0.3 is 0 Å². The maximum absolute atomic E-state index is 4.25. The first-order valence-electron chi connectivity index (χ1n) is 0.816. The first-order valence-corrected chi connectivity index (χ1v) is 0.816. The van der Waals surface area contributed by atoms with Crippen LogP contribution >= 0.6 is 50.9 Å². The Morgan fingerprint density at radius 1 is 0.857 bits per heavy atom. The van der Waals surface area contributed by atoms with E-state index in [1.165, 1.54) is 0 Å². The van der Waals surface area contributed by atoms with Crippen molar-refractivity contribution in [3.63, 3.8) is 0 Å². The molecule has 0 fully saturated rings. The molecule has 0 radical (unpaired) electrons. The Morgan fingerprint density at radius 2 is 0.857 bits per heavy atom. The second-order valence-electron chi connectivity index (χ2n) is 0.408. The van der Waals surface area contributed by atoms with Crippen LogP contribution in [-0.4, -0.2) is 22.6 Å². The summed E-state index contributed by atoms with van der Waals surface area (Å²) in [4.78, 5) is 0. The summed E-state index contributed by atoms with van der Waals surface area (Å²) < 4.78 is 4.25. The van der Waals surface area contributed by atoms with Crippen LogP contribution < -0.4 is 0 Å². The molecular weight excluding hydrogens is 291 g/mol. The van der Waals surface area contributed by atoms with Gasteiger partial charge in [0.05, 0.1) is 8.41 Å². The van der Waals surface area contributed by atoms with Gasteiger partial charge in [0.1, 0.15) is 0 Å². The lowest BCUT2D eigenvalue weighted by molar-refractivity contribution is 0.277. The van der Waals surface area contributed by atoms with Gasteiger partial charge in [-0.25, -0.2) is 0 Å². The number of hydrogen-bond acceptors (Lipinski definition) is 1. The lowest BCUT2D eigenvalue weighted by Crippen LogP contribution is -1.55. The van der Waals surface area contributed by atoms with Gasteiger partial charge in [0.25, 0.3) is 0 Å². The van der Waals surface area contributed by atoms with Gasteiger partial charge in [-0.1, -0.05) is 0 Å². The van der Waals surface area contributed by atoms with Gasteiger partial charge in [-0.3, -0.25) is 0 Å². The minimum Gasteiger partial charge on any atom is -0.388 e. The molecule has 5 heteroatoms. The van der Waals surface area contributed by atoms with Crippen molar-refractivity contribution in [3.05, 3.63) is 0 Å². The Labute approximate surface area is 78.1 Å².